The lowest BCUT2D eigenvalue weighted by Gasteiger charge is -2.13. The standard InChI is InChI=1S/C15H13F2N3S/c1-19(2)9-3-5-10(6-4-9)20-14-12(18-15(20)21)8-7-11(16)13(14)17/h3-8H,1-2H3,(H,18,21). The molecule has 0 atom stereocenters. The first-order valence-corrected chi connectivity index (χ1v) is 6.76. The van der Waals surface area contributed by atoms with Crippen LogP contribution in [0.3, 0.4) is 0 Å². The number of fused-ring (bicyclic) bond motifs is 1. The first kappa shape index (κ1) is 13.8. The van der Waals surface area contributed by atoms with Gasteiger partial charge in [0.15, 0.2) is 16.4 Å². The van der Waals surface area contributed by atoms with Gasteiger partial charge in [-0.05, 0) is 48.6 Å². The summed E-state index contributed by atoms with van der Waals surface area (Å²) in [6.07, 6.45) is 0. The molecule has 0 saturated carbocycles. The molecular formula is C15H13F2N3S. The minimum atomic E-state index is -0.906. The van der Waals surface area contributed by atoms with Crippen LogP contribution in [0.5, 0.6) is 0 Å². The zero-order valence-electron chi connectivity index (χ0n) is 11.5. The molecule has 1 heterocycles. The number of nitrogens with one attached hydrogen (secondary N) is 1. The maximum absolute atomic E-state index is 14.1. The van der Waals surface area contributed by atoms with E-state index >= 15 is 0 Å². The summed E-state index contributed by atoms with van der Waals surface area (Å²) in [5.41, 5.74) is 2.28. The van der Waals surface area contributed by atoms with Gasteiger partial charge in [0, 0.05) is 25.5 Å². The lowest BCUT2D eigenvalue weighted by atomic mass is 10.2. The average molecular weight is 305 g/mol. The average Bonchev–Trinajstić information content (AvgIpc) is 2.80. The molecule has 21 heavy (non-hydrogen) atoms. The number of benzene rings is 2. The molecule has 0 aliphatic heterocycles. The quantitative estimate of drug-likeness (QED) is 0.723. The number of aromatic nitrogens is 2. The normalized spacial score (nSPS) is 11.0. The molecule has 108 valence electrons. The summed E-state index contributed by atoms with van der Waals surface area (Å²) in [6, 6.07) is 10.0. The minimum Gasteiger partial charge on any atom is -0.378 e. The summed E-state index contributed by atoms with van der Waals surface area (Å²) in [6.45, 7) is 0. The molecule has 0 aliphatic carbocycles. The summed E-state index contributed by atoms with van der Waals surface area (Å²) in [5.74, 6) is -1.80. The number of anilines is 1. The topological polar surface area (TPSA) is 24.0 Å². The predicted molar refractivity (Wildman–Crippen MR) is 82.7 cm³/mol. The smallest absolute Gasteiger partial charge is 0.184 e. The molecular weight excluding hydrogens is 292 g/mol. The van der Waals surface area contributed by atoms with Crippen LogP contribution in [0.1, 0.15) is 0 Å². The van der Waals surface area contributed by atoms with Crippen LogP contribution in [-0.2, 0) is 0 Å². The zero-order chi connectivity index (χ0) is 15.1. The monoisotopic (exact) mass is 305 g/mol. The molecule has 6 heteroatoms. The van der Waals surface area contributed by atoms with Crippen molar-refractivity contribution in [3.05, 3.63) is 52.8 Å². The molecule has 1 aromatic heterocycles. The van der Waals surface area contributed by atoms with Crippen molar-refractivity contribution in [1.29, 1.82) is 0 Å². The van der Waals surface area contributed by atoms with Gasteiger partial charge >= 0.3 is 0 Å². The lowest BCUT2D eigenvalue weighted by Crippen LogP contribution is -2.08. The van der Waals surface area contributed by atoms with Crippen molar-refractivity contribution < 1.29 is 8.78 Å². The molecule has 0 aliphatic rings. The number of hydrogen-bond donors (Lipinski definition) is 1. The van der Waals surface area contributed by atoms with Crippen LogP contribution in [0.4, 0.5) is 14.5 Å². The van der Waals surface area contributed by atoms with Crippen molar-refractivity contribution in [2.75, 3.05) is 19.0 Å². The van der Waals surface area contributed by atoms with Gasteiger partial charge in [-0.2, -0.15) is 0 Å². The second kappa shape index (κ2) is 4.96. The van der Waals surface area contributed by atoms with E-state index in [0.717, 1.165) is 11.8 Å². The Labute approximate surface area is 125 Å². The Morgan fingerprint density at radius 2 is 1.71 bits per heavy atom. The van der Waals surface area contributed by atoms with Gasteiger partial charge in [0.25, 0.3) is 0 Å². The first-order chi connectivity index (χ1) is 9.99. The molecule has 0 saturated heterocycles. The number of hydrogen-bond acceptors (Lipinski definition) is 2. The molecule has 0 radical (unpaired) electrons. The van der Waals surface area contributed by atoms with E-state index in [-0.39, 0.29) is 5.52 Å². The molecule has 0 fully saturated rings. The molecule has 0 bridgehead atoms. The Kier molecular flexibility index (Phi) is 3.25. The fraction of sp³-hybridized carbons (Fsp3) is 0.133. The van der Waals surface area contributed by atoms with E-state index in [1.54, 1.807) is 0 Å². The fourth-order valence-corrected chi connectivity index (χ4v) is 2.58. The van der Waals surface area contributed by atoms with Gasteiger partial charge in [0.05, 0.1) is 5.52 Å². The molecule has 0 amide bonds. The van der Waals surface area contributed by atoms with Crippen LogP contribution in [0.2, 0.25) is 0 Å². The summed E-state index contributed by atoms with van der Waals surface area (Å²) < 4.78 is 29.4. The Morgan fingerprint density at radius 1 is 1.05 bits per heavy atom. The molecule has 3 nitrogen and oxygen atoms in total. The summed E-state index contributed by atoms with van der Waals surface area (Å²) in [5, 5.41) is 0. The van der Waals surface area contributed by atoms with Crippen molar-refractivity contribution in [1.82, 2.24) is 9.55 Å². The molecule has 0 spiro atoms. The van der Waals surface area contributed by atoms with Crippen molar-refractivity contribution >= 4 is 28.9 Å². The van der Waals surface area contributed by atoms with E-state index in [2.05, 4.69) is 4.98 Å². The molecule has 1 N–H and O–H groups in total. The summed E-state index contributed by atoms with van der Waals surface area (Å²) in [7, 11) is 3.86. The SMILES string of the molecule is CN(C)c1ccc(-n2c(=S)[nH]c3ccc(F)c(F)c32)cc1. The minimum absolute atomic E-state index is 0.123. The number of H-pyrrole nitrogens is 1. The van der Waals surface area contributed by atoms with Gasteiger partial charge in [0.2, 0.25) is 0 Å². The van der Waals surface area contributed by atoms with Gasteiger partial charge in [-0.15, -0.1) is 0 Å². The van der Waals surface area contributed by atoms with Crippen molar-refractivity contribution in [3.63, 3.8) is 0 Å². The van der Waals surface area contributed by atoms with Gasteiger partial charge in [-0.25, -0.2) is 8.78 Å². The summed E-state index contributed by atoms with van der Waals surface area (Å²) in [4.78, 5) is 4.85. The second-order valence-corrected chi connectivity index (χ2v) is 5.32. The van der Waals surface area contributed by atoms with E-state index in [0.29, 0.717) is 16.0 Å². The van der Waals surface area contributed by atoms with Crippen molar-refractivity contribution in [2.45, 2.75) is 0 Å². The highest BCUT2D eigenvalue weighted by Crippen LogP contribution is 2.25. The van der Waals surface area contributed by atoms with Crippen LogP contribution in [-0.4, -0.2) is 23.6 Å². The van der Waals surface area contributed by atoms with E-state index in [9.17, 15) is 8.78 Å². The van der Waals surface area contributed by atoms with Gasteiger partial charge in [-0.3, -0.25) is 4.57 Å². The van der Waals surface area contributed by atoms with Crippen molar-refractivity contribution in [3.8, 4) is 5.69 Å². The fourth-order valence-electron chi connectivity index (χ4n) is 2.28. The molecule has 2 aromatic carbocycles. The van der Waals surface area contributed by atoms with Crippen LogP contribution in [0, 0.1) is 16.4 Å². The van der Waals surface area contributed by atoms with Crippen LogP contribution in [0.25, 0.3) is 16.7 Å². The Hall–Kier alpha value is -2.21. The largest absolute Gasteiger partial charge is 0.378 e. The third-order valence-electron chi connectivity index (χ3n) is 3.36. The predicted octanol–water partition coefficient (Wildman–Crippen LogP) is 4.03. The Morgan fingerprint density at radius 3 is 2.33 bits per heavy atom. The van der Waals surface area contributed by atoms with E-state index in [4.69, 9.17) is 12.2 Å². The van der Waals surface area contributed by atoms with Crippen LogP contribution in [0.15, 0.2) is 36.4 Å². The molecule has 3 aromatic rings. The lowest BCUT2D eigenvalue weighted by molar-refractivity contribution is 0.514. The molecule has 0 unspecified atom stereocenters. The third-order valence-corrected chi connectivity index (χ3v) is 3.65. The third kappa shape index (κ3) is 2.21. The first-order valence-electron chi connectivity index (χ1n) is 6.35. The highest BCUT2D eigenvalue weighted by molar-refractivity contribution is 7.71. The Bertz CT molecular complexity index is 863. The maximum atomic E-state index is 14.1. The maximum Gasteiger partial charge on any atom is 0.184 e. The van der Waals surface area contributed by atoms with Crippen LogP contribution >= 0.6 is 12.2 Å². The number of imidazole rings is 1. The van der Waals surface area contributed by atoms with Crippen LogP contribution < -0.4 is 4.90 Å². The number of halogens is 2. The van der Waals surface area contributed by atoms with Gasteiger partial charge < -0.3 is 9.88 Å². The highest BCUT2D eigenvalue weighted by atomic mass is 32.1. The number of aromatic amines is 1. The Balaban J connectivity index is 2.27. The van der Waals surface area contributed by atoms with Gasteiger partial charge in [-0.1, -0.05) is 0 Å². The highest BCUT2D eigenvalue weighted by Gasteiger charge is 2.14. The molecule has 3 rings (SSSR count). The number of nitrogens with zero attached hydrogens (tertiary/aromatic N) is 2. The van der Waals surface area contributed by atoms with Gasteiger partial charge in [0.1, 0.15) is 5.52 Å². The van der Waals surface area contributed by atoms with E-state index < -0.39 is 11.6 Å². The summed E-state index contributed by atoms with van der Waals surface area (Å²) >= 11 is 5.23. The van der Waals surface area contributed by atoms with E-state index in [1.165, 1.54) is 10.6 Å². The number of rotatable bonds is 2. The second-order valence-electron chi connectivity index (χ2n) is 4.93. The van der Waals surface area contributed by atoms with E-state index in [1.807, 2.05) is 43.3 Å². The zero-order valence-corrected chi connectivity index (χ0v) is 12.3. The van der Waals surface area contributed by atoms with Crippen molar-refractivity contribution in [2.24, 2.45) is 0 Å².